The molecule has 0 spiro atoms. The summed E-state index contributed by atoms with van der Waals surface area (Å²) < 4.78 is 29.5. The van der Waals surface area contributed by atoms with Gasteiger partial charge in [0.15, 0.2) is 5.69 Å². The van der Waals surface area contributed by atoms with Crippen LogP contribution in [0.15, 0.2) is 48.5 Å². The fourth-order valence-corrected chi connectivity index (χ4v) is 3.98. The summed E-state index contributed by atoms with van der Waals surface area (Å²) in [6, 6.07) is 14.3. The van der Waals surface area contributed by atoms with Crippen molar-refractivity contribution in [3.8, 4) is 22.7 Å². The van der Waals surface area contributed by atoms with Gasteiger partial charge in [-0.3, -0.25) is 0 Å². The second kappa shape index (κ2) is 9.44. The van der Waals surface area contributed by atoms with Crippen LogP contribution in [0.4, 0.5) is 0 Å². The van der Waals surface area contributed by atoms with E-state index in [0.29, 0.717) is 22.5 Å². The van der Waals surface area contributed by atoms with Gasteiger partial charge in [-0.15, -0.1) is 0 Å². The minimum absolute atomic E-state index is 0.0439. The number of nitrogens with zero attached hydrogens (tertiary/aromatic N) is 2. The molecule has 1 aromatic heterocycles. The van der Waals surface area contributed by atoms with Crippen LogP contribution in [0, 0.1) is 0 Å². The third kappa shape index (κ3) is 4.27. The maximum Gasteiger partial charge on any atom is 0.494 e. The Morgan fingerprint density at radius 1 is 0.889 bits per heavy atom. The molecule has 36 heavy (non-hydrogen) atoms. The molecule has 188 valence electrons. The Morgan fingerprint density at radius 2 is 1.50 bits per heavy atom. The van der Waals surface area contributed by atoms with Gasteiger partial charge in [-0.1, -0.05) is 24.3 Å². The Morgan fingerprint density at radius 3 is 2.06 bits per heavy atom. The third-order valence-corrected chi connectivity index (χ3v) is 6.66. The molecule has 9 nitrogen and oxygen atoms in total. The molecule has 1 fully saturated rings. The summed E-state index contributed by atoms with van der Waals surface area (Å²) in [5, 5.41) is 4.68. The summed E-state index contributed by atoms with van der Waals surface area (Å²) in [4.78, 5) is 25.9. The van der Waals surface area contributed by atoms with E-state index in [2.05, 4.69) is 5.10 Å². The van der Waals surface area contributed by atoms with E-state index in [9.17, 15) is 9.59 Å². The average Bonchev–Trinajstić information content (AvgIpc) is 3.37. The number of carbonyl (C=O) groups is 2. The van der Waals surface area contributed by atoms with Crippen LogP contribution in [0.25, 0.3) is 16.9 Å². The van der Waals surface area contributed by atoms with Crippen molar-refractivity contribution in [3.05, 3.63) is 59.8 Å². The molecule has 0 bridgehead atoms. The number of para-hydroxylation sites is 1. The fourth-order valence-electron chi connectivity index (χ4n) is 3.98. The first-order valence-electron chi connectivity index (χ1n) is 11.4. The summed E-state index contributed by atoms with van der Waals surface area (Å²) in [5.74, 6) is -1.04. The molecule has 2 heterocycles. The number of carbonyl (C=O) groups excluding carboxylic acids is 2. The molecule has 4 rings (SSSR count). The van der Waals surface area contributed by atoms with Crippen molar-refractivity contribution in [1.82, 2.24) is 9.78 Å². The van der Waals surface area contributed by atoms with E-state index in [4.69, 9.17) is 23.5 Å². The maximum absolute atomic E-state index is 13.0. The van der Waals surface area contributed by atoms with Gasteiger partial charge in [-0.2, -0.15) is 5.10 Å². The van der Waals surface area contributed by atoms with Gasteiger partial charge >= 0.3 is 19.1 Å². The monoisotopic (exact) mass is 492 g/mol. The topological polar surface area (TPSA) is 98.1 Å². The van der Waals surface area contributed by atoms with Crippen molar-refractivity contribution < 1.29 is 33.1 Å². The predicted molar refractivity (Wildman–Crippen MR) is 134 cm³/mol. The SMILES string of the molecule is COC(=O)c1c(-c2cc(B3OC(C)(C)C(C)(C)O3)ccc2OC)nn(-c2ccccc2)c1C(=O)OC. The zero-order valence-electron chi connectivity index (χ0n) is 21.4. The van der Waals surface area contributed by atoms with Crippen molar-refractivity contribution in [1.29, 1.82) is 0 Å². The van der Waals surface area contributed by atoms with Crippen molar-refractivity contribution in [3.63, 3.8) is 0 Å². The molecule has 0 amide bonds. The highest BCUT2D eigenvalue weighted by Crippen LogP contribution is 2.38. The molecular formula is C26H29BN2O7. The van der Waals surface area contributed by atoms with Crippen molar-refractivity contribution in [2.75, 3.05) is 21.3 Å². The summed E-state index contributed by atoms with van der Waals surface area (Å²) in [7, 11) is 3.34. The lowest BCUT2D eigenvalue weighted by atomic mass is 9.78. The first-order chi connectivity index (χ1) is 17.0. The van der Waals surface area contributed by atoms with Gasteiger partial charge in [0.05, 0.1) is 38.2 Å². The Kier molecular flexibility index (Phi) is 6.68. The van der Waals surface area contributed by atoms with E-state index in [1.807, 2.05) is 39.8 Å². The van der Waals surface area contributed by atoms with Crippen LogP contribution in [0.3, 0.4) is 0 Å². The molecule has 2 aromatic carbocycles. The fraction of sp³-hybridized carbons (Fsp3) is 0.346. The molecular weight excluding hydrogens is 463 g/mol. The molecule has 10 heteroatoms. The van der Waals surface area contributed by atoms with Crippen LogP contribution >= 0.6 is 0 Å². The Hall–Kier alpha value is -3.63. The summed E-state index contributed by atoms with van der Waals surface area (Å²) in [6.07, 6.45) is 0. The molecule has 1 saturated heterocycles. The highest BCUT2D eigenvalue weighted by molar-refractivity contribution is 6.62. The smallest absolute Gasteiger partial charge is 0.494 e. The van der Waals surface area contributed by atoms with Crippen LogP contribution in [0.1, 0.15) is 48.5 Å². The molecule has 0 saturated carbocycles. The number of hydrogen-bond acceptors (Lipinski definition) is 8. The zero-order chi connectivity index (χ0) is 26.3. The van der Waals surface area contributed by atoms with E-state index < -0.39 is 30.3 Å². The molecule has 0 unspecified atom stereocenters. The summed E-state index contributed by atoms with van der Waals surface area (Å²) in [5.41, 5.74) is 0.742. The first-order valence-corrected chi connectivity index (χ1v) is 11.4. The second-order valence-corrected chi connectivity index (χ2v) is 9.35. The molecule has 0 atom stereocenters. The first kappa shape index (κ1) is 25.5. The average molecular weight is 492 g/mol. The van der Waals surface area contributed by atoms with Crippen LogP contribution in [-0.2, 0) is 18.8 Å². The standard InChI is InChI=1S/C26H29BN2O7/c1-25(2)26(3,4)36-27(35-25)16-13-14-19(32-5)18(15-16)21-20(23(30)33-6)22(24(31)34-7)29(28-21)17-11-9-8-10-12-17/h8-15H,1-7H3. The normalized spacial score (nSPS) is 16.0. The second-order valence-electron chi connectivity index (χ2n) is 9.35. The maximum atomic E-state index is 13.0. The highest BCUT2D eigenvalue weighted by Gasteiger charge is 2.51. The number of benzene rings is 2. The molecule has 3 aromatic rings. The van der Waals surface area contributed by atoms with E-state index >= 15 is 0 Å². The van der Waals surface area contributed by atoms with Gasteiger partial charge < -0.3 is 23.5 Å². The lowest BCUT2D eigenvalue weighted by molar-refractivity contribution is 0.00578. The lowest BCUT2D eigenvalue weighted by Gasteiger charge is -2.32. The molecule has 1 aliphatic rings. The van der Waals surface area contributed by atoms with Gasteiger partial charge in [0.1, 0.15) is 17.0 Å². The minimum atomic E-state index is -0.740. The van der Waals surface area contributed by atoms with Crippen LogP contribution in [-0.4, -0.2) is 61.4 Å². The van der Waals surface area contributed by atoms with Crippen LogP contribution in [0.2, 0.25) is 0 Å². The number of hydrogen-bond donors (Lipinski definition) is 0. The highest BCUT2D eigenvalue weighted by atomic mass is 16.7. The van der Waals surface area contributed by atoms with Gasteiger partial charge in [-0.05, 0) is 57.4 Å². The number of rotatable bonds is 6. The number of esters is 2. The van der Waals surface area contributed by atoms with Gasteiger partial charge in [0.2, 0.25) is 0 Å². The van der Waals surface area contributed by atoms with Crippen molar-refractivity contribution in [2.45, 2.75) is 38.9 Å². The number of methoxy groups -OCH3 is 3. The molecule has 1 aliphatic heterocycles. The van der Waals surface area contributed by atoms with E-state index in [-0.39, 0.29) is 17.0 Å². The van der Waals surface area contributed by atoms with Gasteiger partial charge in [0.25, 0.3) is 0 Å². The van der Waals surface area contributed by atoms with Gasteiger partial charge in [0, 0.05) is 5.56 Å². The van der Waals surface area contributed by atoms with Gasteiger partial charge in [-0.25, -0.2) is 14.3 Å². The minimum Gasteiger partial charge on any atom is -0.496 e. The number of aromatic nitrogens is 2. The van der Waals surface area contributed by atoms with Crippen LogP contribution < -0.4 is 10.2 Å². The lowest BCUT2D eigenvalue weighted by Crippen LogP contribution is -2.41. The van der Waals surface area contributed by atoms with Crippen molar-refractivity contribution in [2.24, 2.45) is 0 Å². The molecule has 0 N–H and O–H groups in total. The number of ether oxygens (including phenoxy) is 3. The summed E-state index contributed by atoms with van der Waals surface area (Å²) >= 11 is 0. The van der Waals surface area contributed by atoms with E-state index in [1.54, 1.807) is 36.4 Å². The Bertz CT molecular complexity index is 1290. The Labute approximate surface area is 210 Å². The zero-order valence-corrected chi connectivity index (χ0v) is 21.4. The largest absolute Gasteiger partial charge is 0.496 e. The third-order valence-electron chi connectivity index (χ3n) is 6.66. The van der Waals surface area contributed by atoms with E-state index in [1.165, 1.54) is 26.0 Å². The van der Waals surface area contributed by atoms with E-state index in [0.717, 1.165) is 0 Å². The molecule has 0 radical (unpaired) electrons. The summed E-state index contributed by atoms with van der Waals surface area (Å²) in [6.45, 7) is 7.88. The Balaban J connectivity index is 1.96. The predicted octanol–water partition coefficient (Wildman–Crippen LogP) is 3.42. The quantitative estimate of drug-likeness (QED) is 0.382. The van der Waals surface area contributed by atoms with Crippen LogP contribution in [0.5, 0.6) is 5.75 Å². The molecule has 0 aliphatic carbocycles. The van der Waals surface area contributed by atoms with Crippen molar-refractivity contribution >= 4 is 24.5 Å².